The van der Waals surface area contributed by atoms with E-state index in [1.54, 1.807) is 12.1 Å². The Morgan fingerprint density at radius 1 is 0.683 bits per heavy atom. The molecule has 3 saturated carbocycles. The van der Waals surface area contributed by atoms with Crippen LogP contribution in [0.15, 0.2) is 30.3 Å². The molecule has 0 N–H and O–H groups in total. The Bertz CT molecular complexity index is 1140. The third-order valence-corrected chi connectivity index (χ3v) is 9.93. The van der Waals surface area contributed by atoms with E-state index in [4.69, 9.17) is 4.74 Å². The summed E-state index contributed by atoms with van der Waals surface area (Å²) in [6.45, 7) is 2.94. The second-order valence-corrected chi connectivity index (χ2v) is 12.7. The summed E-state index contributed by atoms with van der Waals surface area (Å²) in [7, 11) is 0. The maximum absolute atomic E-state index is 15.1. The van der Waals surface area contributed by atoms with Gasteiger partial charge >= 0.3 is 6.11 Å². The summed E-state index contributed by atoms with van der Waals surface area (Å²) in [5.74, 6) is -3.99. The molecule has 2 aromatic carbocycles. The van der Waals surface area contributed by atoms with Gasteiger partial charge in [-0.3, -0.25) is 0 Å². The smallest absolute Gasteiger partial charge is 0.400 e. The van der Waals surface area contributed by atoms with Crippen molar-refractivity contribution in [2.24, 2.45) is 29.6 Å². The van der Waals surface area contributed by atoms with Crippen molar-refractivity contribution < 1.29 is 35.8 Å². The lowest BCUT2D eigenvalue weighted by Gasteiger charge is -2.37. The monoisotopic (exact) mass is 582 g/mol. The van der Waals surface area contributed by atoms with Crippen LogP contribution in [0, 0.1) is 52.9 Å². The molecule has 5 rings (SSSR count). The Morgan fingerprint density at radius 3 is 1.83 bits per heavy atom. The van der Waals surface area contributed by atoms with Crippen molar-refractivity contribution in [3.63, 3.8) is 0 Å². The van der Waals surface area contributed by atoms with Gasteiger partial charge in [-0.15, -0.1) is 0 Å². The average molecular weight is 583 g/mol. The van der Waals surface area contributed by atoms with E-state index in [0.717, 1.165) is 30.6 Å². The van der Waals surface area contributed by atoms with Crippen LogP contribution in [0.5, 0.6) is 11.5 Å². The molecular weight excluding hydrogens is 542 g/mol. The zero-order valence-electron chi connectivity index (χ0n) is 23.6. The van der Waals surface area contributed by atoms with E-state index in [9.17, 15) is 22.0 Å². The van der Waals surface area contributed by atoms with Gasteiger partial charge in [0.15, 0.2) is 17.5 Å². The van der Waals surface area contributed by atoms with Gasteiger partial charge < -0.3 is 9.47 Å². The molecule has 0 amide bonds. The van der Waals surface area contributed by atoms with Gasteiger partial charge in [-0.1, -0.05) is 25.8 Å². The minimum Gasteiger partial charge on any atom is -0.493 e. The van der Waals surface area contributed by atoms with Gasteiger partial charge in [-0.2, -0.15) is 8.78 Å². The number of halogens is 6. The minimum absolute atomic E-state index is 0.0457. The molecule has 41 heavy (non-hydrogen) atoms. The maximum atomic E-state index is 15.1. The molecule has 2 aromatic rings. The molecule has 0 spiro atoms. The van der Waals surface area contributed by atoms with Gasteiger partial charge in [0.2, 0.25) is 0 Å². The number of rotatable bonds is 8. The standard InChI is InChI=1S/C33H40F6O2/c1-20-2-6-22(7-3-20)23-8-4-21(5-9-23)19-40-26-14-15-28(29(34)16-26)24-10-12-25(13-11-24)33(38,39)41-27-17-30(35)32(37)31(36)18-27/h14-18,20-25H,2-13,19H2,1H3. The fourth-order valence-electron chi connectivity index (χ4n) is 7.30. The summed E-state index contributed by atoms with van der Waals surface area (Å²) in [5.41, 5.74) is 0.477. The third kappa shape index (κ3) is 7.34. The summed E-state index contributed by atoms with van der Waals surface area (Å²) >= 11 is 0. The Hall–Kier alpha value is -2.38. The van der Waals surface area contributed by atoms with Crippen LogP contribution in [-0.2, 0) is 0 Å². The fraction of sp³-hybridized carbons (Fsp3) is 0.636. The van der Waals surface area contributed by atoms with E-state index in [0.29, 0.717) is 48.8 Å². The van der Waals surface area contributed by atoms with Crippen LogP contribution in [-0.4, -0.2) is 12.7 Å². The topological polar surface area (TPSA) is 18.5 Å². The average Bonchev–Trinajstić information content (AvgIpc) is 2.95. The molecule has 0 aromatic heterocycles. The van der Waals surface area contributed by atoms with Crippen molar-refractivity contribution in [3.8, 4) is 11.5 Å². The highest BCUT2D eigenvalue weighted by molar-refractivity contribution is 5.31. The van der Waals surface area contributed by atoms with E-state index in [1.165, 1.54) is 44.6 Å². The number of ether oxygens (including phenoxy) is 2. The van der Waals surface area contributed by atoms with Crippen LogP contribution in [0.4, 0.5) is 26.3 Å². The summed E-state index contributed by atoms with van der Waals surface area (Å²) in [5, 5.41) is 0. The molecule has 3 fully saturated rings. The van der Waals surface area contributed by atoms with Crippen molar-refractivity contribution in [1.29, 1.82) is 0 Å². The Balaban J connectivity index is 1.08. The van der Waals surface area contributed by atoms with Crippen LogP contribution < -0.4 is 9.47 Å². The van der Waals surface area contributed by atoms with Crippen molar-refractivity contribution in [2.75, 3.05) is 6.61 Å². The molecule has 0 bridgehead atoms. The number of benzene rings is 2. The first kappa shape index (κ1) is 30.1. The van der Waals surface area contributed by atoms with Crippen molar-refractivity contribution in [1.82, 2.24) is 0 Å². The molecule has 0 aliphatic heterocycles. The highest BCUT2D eigenvalue weighted by Gasteiger charge is 2.44. The second-order valence-electron chi connectivity index (χ2n) is 12.7. The predicted octanol–water partition coefficient (Wildman–Crippen LogP) is 10.2. The van der Waals surface area contributed by atoms with Gasteiger partial charge in [0.25, 0.3) is 0 Å². The van der Waals surface area contributed by atoms with Crippen molar-refractivity contribution >= 4 is 0 Å². The fourth-order valence-corrected chi connectivity index (χ4v) is 7.30. The Kier molecular flexibility index (Phi) is 9.44. The van der Waals surface area contributed by atoms with Gasteiger partial charge in [-0.05, 0) is 105 Å². The maximum Gasteiger partial charge on any atom is 0.400 e. The van der Waals surface area contributed by atoms with E-state index >= 15 is 4.39 Å². The van der Waals surface area contributed by atoms with Crippen molar-refractivity contribution in [3.05, 3.63) is 59.2 Å². The van der Waals surface area contributed by atoms with Crippen LogP contribution in [0.1, 0.15) is 95.5 Å². The molecule has 2 nitrogen and oxygen atoms in total. The second kappa shape index (κ2) is 12.9. The third-order valence-electron chi connectivity index (χ3n) is 9.93. The van der Waals surface area contributed by atoms with Crippen LogP contribution in [0.2, 0.25) is 0 Å². The highest BCUT2D eigenvalue weighted by atomic mass is 19.3. The molecule has 226 valence electrons. The van der Waals surface area contributed by atoms with Crippen LogP contribution in [0.25, 0.3) is 0 Å². The lowest BCUT2D eigenvalue weighted by molar-refractivity contribution is -0.222. The minimum atomic E-state index is -3.70. The largest absolute Gasteiger partial charge is 0.493 e. The van der Waals surface area contributed by atoms with Gasteiger partial charge in [0, 0.05) is 18.2 Å². The van der Waals surface area contributed by atoms with Gasteiger partial charge in [-0.25, -0.2) is 17.6 Å². The van der Waals surface area contributed by atoms with Gasteiger partial charge in [0.05, 0.1) is 12.5 Å². The van der Waals surface area contributed by atoms with Gasteiger partial charge in [0.1, 0.15) is 17.3 Å². The molecule has 0 unspecified atom stereocenters. The predicted molar refractivity (Wildman–Crippen MR) is 145 cm³/mol. The highest BCUT2D eigenvalue weighted by Crippen LogP contribution is 2.45. The summed E-state index contributed by atoms with van der Waals surface area (Å²) in [6, 6.07) is 5.65. The lowest BCUT2D eigenvalue weighted by atomic mass is 9.69. The van der Waals surface area contributed by atoms with E-state index in [2.05, 4.69) is 11.7 Å². The van der Waals surface area contributed by atoms with Crippen LogP contribution >= 0.6 is 0 Å². The quantitative estimate of drug-likeness (QED) is 0.228. The summed E-state index contributed by atoms with van der Waals surface area (Å²) in [6.07, 6.45) is 7.30. The molecular formula is C33H40F6O2. The normalized spacial score (nSPS) is 29.2. The van der Waals surface area contributed by atoms with E-state index < -0.39 is 41.0 Å². The first-order valence-electron chi connectivity index (χ1n) is 15.2. The zero-order chi connectivity index (χ0) is 29.1. The molecule has 0 saturated heterocycles. The molecule has 3 aliphatic carbocycles. The van der Waals surface area contributed by atoms with E-state index in [1.807, 2.05) is 0 Å². The zero-order valence-corrected chi connectivity index (χ0v) is 23.6. The summed E-state index contributed by atoms with van der Waals surface area (Å²) in [4.78, 5) is 0. The molecule has 0 heterocycles. The molecule has 0 radical (unpaired) electrons. The number of alkyl halides is 2. The number of hydrogen-bond acceptors (Lipinski definition) is 2. The summed E-state index contributed by atoms with van der Waals surface area (Å²) < 4.78 is 95.0. The Labute approximate surface area is 238 Å². The van der Waals surface area contributed by atoms with Crippen LogP contribution in [0.3, 0.4) is 0 Å². The molecule has 0 atom stereocenters. The molecule has 3 aliphatic rings. The Morgan fingerprint density at radius 2 is 1.24 bits per heavy atom. The SMILES string of the molecule is CC1CCC(C2CCC(COc3ccc(C4CCC(C(F)(F)Oc5cc(F)c(F)c(F)c5)CC4)c(F)c3)CC2)CC1. The first-order chi connectivity index (χ1) is 19.6. The van der Waals surface area contributed by atoms with Crippen molar-refractivity contribution in [2.45, 2.75) is 96.0 Å². The van der Waals surface area contributed by atoms with E-state index in [-0.39, 0.29) is 18.8 Å². The lowest BCUT2D eigenvalue weighted by Crippen LogP contribution is -2.37. The number of hydrogen-bond donors (Lipinski definition) is 0. The molecule has 8 heteroatoms. The first-order valence-corrected chi connectivity index (χ1v) is 15.2.